The zero-order chi connectivity index (χ0) is 18.6. The molecule has 1 aliphatic heterocycles. The topological polar surface area (TPSA) is 54.3 Å². The standard InChI is InChI=1S/C21H23N3O2S/c25-20(8-13-23-11-6-16-3-1-2-4-18(16)23)22-10-5-21(26)24-12-7-19-17(15-24)9-14-27-19/h1-4,6,9,11,14H,5,7-8,10,12-13,15H2,(H,22,25). The van der Waals surface area contributed by atoms with Gasteiger partial charge in [-0.2, -0.15) is 0 Å². The Labute approximate surface area is 162 Å². The van der Waals surface area contributed by atoms with E-state index in [2.05, 4.69) is 39.5 Å². The number of nitrogens with one attached hydrogen (secondary N) is 1. The number of nitrogens with zero attached hydrogens (tertiary/aromatic N) is 2. The van der Waals surface area contributed by atoms with Crippen molar-refractivity contribution in [3.05, 3.63) is 58.4 Å². The van der Waals surface area contributed by atoms with Crippen molar-refractivity contribution >= 4 is 34.1 Å². The van der Waals surface area contributed by atoms with Gasteiger partial charge in [0.2, 0.25) is 11.8 Å². The lowest BCUT2D eigenvalue weighted by atomic mass is 10.1. The summed E-state index contributed by atoms with van der Waals surface area (Å²) >= 11 is 1.77. The van der Waals surface area contributed by atoms with Crippen molar-refractivity contribution in [2.24, 2.45) is 0 Å². The average molecular weight is 382 g/mol. The van der Waals surface area contributed by atoms with Crippen molar-refractivity contribution in [3.8, 4) is 0 Å². The van der Waals surface area contributed by atoms with Crippen LogP contribution in [0, 0.1) is 0 Å². The number of hydrogen-bond donors (Lipinski definition) is 1. The molecule has 0 unspecified atom stereocenters. The molecule has 27 heavy (non-hydrogen) atoms. The number of amides is 2. The zero-order valence-electron chi connectivity index (χ0n) is 15.2. The van der Waals surface area contributed by atoms with Crippen molar-refractivity contribution < 1.29 is 9.59 Å². The minimum Gasteiger partial charge on any atom is -0.356 e. The highest BCUT2D eigenvalue weighted by Crippen LogP contribution is 2.24. The van der Waals surface area contributed by atoms with Crippen LogP contribution >= 0.6 is 11.3 Å². The van der Waals surface area contributed by atoms with Gasteiger partial charge >= 0.3 is 0 Å². The number of aryl methyl sites for hydroxylation is 1. The van der Waals surface area contributed by atoms with Crippen LogP contribution in [0.1, 0.15) is 23.3 Å². The number of carbonyl (C=O) groups is 2. The minimum atomic E-state index is -0.0145. The number of thiophene rings is 1. The van der Waals surface area contributed by atoms with Gasteiger partial charge in [0, 0.05) is 55.6 Å². The van der Waals surface area contributed by atoms with Crippen molar-refractivity contribution in [2.45, 2.75) is 32.4 Å². The Balaban J connectivity index is 1.20. The van der Waals surface area contributed by atoms with Crippen LogP contribution in [0.25, 0.3) is 10.9 Å². The van der Waals surface area contributed by atoms with Crippen LogP contribution in [0.15, 0.2) is 48.0 Å². The summed E-state index contributed by atoms with van der Waals surface area (Å²) in [6, 6.07) is 12.3. The first-order valence-corrected chi connectivity index (χ1v) is 10.2. The van der Waals surface area contributed by atoms with Crippen LogP contribution in [0.5, 0.6) is 0 Å². The van der Waals surface area contributed by atoms with E-state index in [9.17, 15) is 9.59 Å². The molecule has 0 bridgehead atoms. The van der Waals surface area contributed by atoms with Gasteiger partial charge < -0.3 is 14.8 Å². The van der Waals surface area contributed by atoms with Crippen LogP contribution in [0.4, 0.5) is 0 Å². The molecule has 1 aromatic carbocycles. The maximum Gasteiger partial charge on any atom is 0.224 e. The quantitative estimate of drug-likeness (QED) is 0.713. The molecule has 0 saturated heterocycles. The molecule has 140 valence electrons. The molecule has 1 aliphatic rings. The van der Waals surface area contributed by atoms with Crippen molar-refractivity contribution in [2.75, 3.05) is 13.1 Å². The Bertz CT molecular complexity index is 959. The highest BCUT2D eigenvalue weighted by Gasteiger charge is 2.21. The third-order valence-electron chi connectivity index (χ3n) is 5.08. The molecular formula is C21H23N3O2S. The summed E-state index contributed by atoms with van der Waals surface area (Å²) in [6.07, 6.45) is 3.72. The van der Waals surface area contributed by atoms with Crippen LogP contribution in [0.3, 0.4) is 0 Å². The van der Waals surface area contributed by atoms with Gasteiger partial charge in [0.25, 0.3) is 0 Å². The van der Waals surface area contributed by atoms with Gasteiger partial charge in [0.1, 0.15) is 0 Å². The second-order valence-electron chi connectivity index (χ2n) is 6.85. The van der Waals surface area contributed by atoms with Crippen LogP contribution < -0.4 is 5.32 Å². The van der Waals surface area contributed by atoms with Gasteiger partial charge in [0.05, 0.1) is 0 Å². The molecule has 0 saturated carbocycles. The monoisotopic (exact) mass is 381 g/mol. The van der Waals surface area contributed by atoms with Crippen LogP contribution in [0.2, 0.25) is 0 Å². The molecule has 4 rings (SSSR count). The van der Waals surface area contributed by atoms with Gasteiger partial charge in [-0.15, -0.1) is 11.3 Å². The summed E-state index contributed by atoms with van der Waals surface area (Å²) < 4.78 is 2.09. The first kappa shape index (κ1) is 17.8. The second kappa shape index (κ2) is 7.96. The molecule has 6 heteroatoms. The van der Waals surface area contributed by atoms with Gasteiger partial charge in [-0.05, 0) is 40.9 Å². The van der Waals surface area contributed by atoms with E-state index in [4.69, 9.17) is 0 Å². The molecule has 0 atom stereocenters. The summed E-state index contributed by atoms with van der Waals surface area (Å²) in [6.45, 7) is 2.52. The van der Waals surface area contributed by atoms with Crippen LogP contribution in [-0.2, 0) is 29.1 Å². The molecular weight excluding hydrogens is 358 g/mol. The summed E-state index contributed by atoms with van der Waals surface area (Å²) in [5, 5.41) is 6.15. The second-order valence-corrected chi connectivity index (χ2v) is 7.85. The Morgan fingerprint density at radius 1 is 1.11 bits per heavy atom. The molecule has 1 N–H and O–H groups in total. The Hall–Kier alpha value is -2.60. The van der Waals surface area contributed by atoms with Gasteiger partial charge in [-0.3, -0.25) is 9.59 Å². The maximum atomic E-state index is 12.4. The molecule has 0 radical (unpaired) electrons. The average Bonchev–Trinajstić information content (AvgIpc) is 3.32. The third kappa shape index (κ3) is 4.06. The molecule has 5 nitrogen and oxygen atoms in total. The molecule has 3 heterocycles. The van der Waals surface area contributed by atoms with Crippen molar-refractivity contribution in [3.63, 3.8) is 0 Å². The summed E-state index contributed by atoms with van der Waals surface area (Å²) in [7, 11) is 0. The van der Waals surface area contributed by atoms with Crippen LogP contribution in [-0.4, -0.2) is 34.4 Å². The Morgan fingerprint density at radius 3 is 2.93 bits per heavy atom. The predicted molar refractivity (Wildman–Crippen MR) is 108 cm³/mol. The Kier molecular flexibility index (Phi) is 5.25. The number of para-hydroxylation sites is 1. The van der Waals surface area contributed by atoms with E-state index in [1.165, 1.54) is 15.8 Å². The van der Waals surface area contributed by atoms with E-state index < -0.39 is 0 Å². The fourth-order valence-corrected chi connectivity index (χ4v) is 4.46. The van der Waals surface area contributed by atoms with Gasteiger partial charge in [0.15, 0.2) is 0 Å². The lowest BCUT2D eigenvalue weighted by Gasteiger charge is -2.27. The lowest BCUT2D eigenvalue weighted by molar-refractivity contribution is -0.132. The number of rotatable bonds is 6. The number of aromatic nitrogens is 1. The Morgan fingerprint density at radius 2 is 2.00 bits per heavy atom. The minimum absolute atomic E-state index is 0.0145. The smallest absolute Gasteiger partial charge is 0.224 e. The number of fused-ring (bicyclic) bond motifs is 2. The third-order valence-corrected chi connectivity index (χ3v) is 6.10. The van der Waals surface area contributed by atoms with E-state index in [0.29, 0.717) is 32.5 Å². The fraction of sp³-hybridized carbons (Fsp3) is 0.333. The number of hydrogen-bond acceptors (Lipinski definition) is 3. The molecule has 0 aliphatic carbocycles. The SMILES string of the molecule is O=C(CCn1ccc2ccccc21)NCCC(=O)N1CCc2sccc2C1. The van der Waals surface area contributed by atoms with E-state index in [-0.39, 0.29) is 11.8 Å². The number of benzene rings is 1. The van der Waals surface area contributed by atoms with E-state index in [1.54, 1.807) is 11.3 Å². The maximum absolute atomic E-state index is 12.4. The first-order chi connectivity index (χ1) is 13.2. The molecule has 0 spiro atoms. The zero-order valence-corrected chi connectivity index (χ0v) is 16.0. The first-order valence-electron chi connectivity index (χ1n) is 9.34. The highest BCUT2D eigenvalue weighted by molar-refractivity contribution is 7.10. The molecule has 2 aromatic heterocycles. The van der Waals surface area contributed by atoms with E-state index in [0.717, 1.165) is 18.5 Å². The normalized spacial score (nSPS) is 13.6. The van der Waals surface area contributed by atoms with Crippen molar-refractivity contribution in [1.82, 2.24) is 14.8 Å². The summed E-state index contributed by atoms with van der Waals surface area (Å²) in [5.41, 5.74) is 2.40. The predicted octanol–water partition coefficient (Wildman–Crippen LogP) is 3.18. The van der Waals surface area contributed by atoms with E-state index in [1.807, 2.05) is 23.2 Å². The van der Waals surface area contributed by atoms with Gasteiger partial charge in [-0.25, -0.2) is 0 Å². The summed E-state index contributed by atoms with van der Waals surface area (Å²) in [4.78, 5) is 27.8. The van der Waals surface area contributed by atoms with E-state index >= 15 is 0 Å². The summed E-state index contributed by atoms with van der Waals surface area (Å²) in [5.74, 6) is 0.0999. The molecule has 0 fully saturated rings. The van der Waals surface area contributed by atoms with Crippen molar-refractivity contribution in [1.29, 1.82) is 0 Å². The molecule has 3 aromatic rings. The highest BCUT2D eigenvalue weighted by atomic mass is 32.1. The largest absolute Gasteiger partial charge is 0.356 e. The lowest BCUT2D eigenvalue weighted by Crippen LogP contribution is -2.37. The molecule has 2 amide bonds. The number of carbonyl (C=O) groups excluding carboxylic acids is 2. The fourth-order valence-electron chi connectivity index (χ4n) is 3.57. The van der Waals surface area contributed by atoms with Gasteiger partial charge in [-0.1, -0.05) is 18.2 Å².